The summed E-state index contributed by atoms with van der Waals surface area (Å²) < 4.78 is 2.01. The summed E-state index contributed by atoms with van der Waals surface area (Å²) in [7, 11) is 0. The van der Waals surface area contributed by atoms with E-state index in [1.807, 2.05) is 23.1 Å². The molecule has 1 aromatic rings. The molecule has 1 atom stereocenters. The van der Waals surface area contributed by atoms with Crippen molar-refractivity contribution in [2.45, 2.75) is 45.3 Å². The molecule has 1 fully saturated rings. The van der Waals surface area contributed by atoms with Crippen LogP contribution in [0.25, 0.3) is 0 Å². The van der Waals surface area contributed by atoms with Gasteiger partial charge in [0, 0.05) is 37.6 Å². The molecule has 1 aromatic heterocycles. The van der Waals surface area contributed by atoms with Gasteiger partial charge in [-0.2, -0.15) is 5.10 Å². The maximum absolute atomic E-state index is 4.24. The lowest BCUT2D eigenvalue weighted by Crippen LogP contribution is -2.48. The number of nitrogens with zero attached hydrogens (tertiary/aromatic N) is 3. The SMILES string of the molecule is CC(C)NC1CCCN(CCn2cccn2)C1. The molecule has 0 spiro atoms. The van der Waals surface area contributed by atoms with Crippen molar-refractivity contribution < 1.29 is 0 Å². The van der Waals surface area contributed by atoms with Gasteiger partial charge in [0.1, 0.15) is 0 Å². The topological polar surface area (TPSA) is 33.1 Å². The number of piperidine rings is 1. The summed E-state index contributed by atoms with van der Waals surface area (Å²) in [6, 6.07) is 3.24. The highest BCUT2D eigenvalue weighted by molar-refractivity contribution is 4.81. The number of aromatic nitrogens is 2. The van der Waals surface area contributed by atoms with Crippen LogP contribution in [0.15, 0.2) is 18.5 Å². The van der Waals surface area contributed by atoms with Gasteiger partial charge in [-0.05, 0) is 25.5 Å². The van der Waals surface area contributed by atoms with Crippen LogP contribution in [0.3, 0.4) is 0 Å². The maximum atomic E-state index is 4.24. The van der Waals surface area contributed by atoms with Crippen molar-refractivity contribution in [3.8, 4) is 0 Å². The van der Waals surface area contributed by atoms with Gasteiger partial charge >= 0.3 is 0 Å². The minimum absolute atomic E-state index is 0.589. The molecule has 0 aromatic carbocycles. The Morgan fingerprint density at radius 1 is 1.41 bits per heavy atom. The summed E-state index contributed by atoms with van der Waals surface area (Å²) in [5.74, 6) is 0. The Kier molecular flexibility index (Phi) is 4.57. The summed E-state index contributed by atoms with van der Waals surface area (Å²) >= 11 is 0. The molecule has 2 rings (SSSR count). The normalized spacial score (nSPS) is 22.2. The fourth-order valence-electron chi connectivity index (χ4n) is 2.54. The fourth-order valence-corrected chi connectivity index (χ4v) is 2.54. The van der Waals surface area contributed by atoms with E-state index in [0.29, 0.717) is 12.1 Å². The Balaban J connectivity index is 1.73. The molecule has 0 bridgehead atoms. The van der Waals surface area contributed by atoms with Gasteiger partial charge in [0.15, 0.2) is 0 Å². The molecule has 17 heavy (non-hydrogen) atoms. The molecule has 0 amide bonds. The van der Waals surface area contributed by atoms with Crippen LogP contribution in [-0.4, -0.2) is 46.4 Å². The smallest absolute Gasteiger partial charge is 0.0536 e. The summed E-state index contributed by atoms with van der Waals surface area (Å²) in [6.07, 6.45) is 6.51. The molecule has 1 unspecified atom stereocenters. The predicted octanol–water partition coefficient (Wildman–Crippen LogP) is 1.35. The third-order valence-corrected chi connectivity index (χ3v) is 3.28. The Hall–Kier alpha value is -0.870. The van der Waals surface area contributed by atoms with Gasteiger partial charge in [-0.3, -0.25) is 9.58 Å². The molecule has 0 saturated carbocycles. The number of nitrogens with one attached hydrogen (secondary N) is 1. The summed E-state index contributed by atoms with van der Waals surface area (Å²) in [5, 5.41) is 7.88. The molecule has 2 heterocycles. The van der Waals surface area contributed by atoms with Gasteiger partial charge < -0.3 is 5.32 Å². The van der Waals surface area contributed by atoms with Crippen molar-refractivity contribution in [2.24, 2.45) is 0 Å². The molecule has 1 saturated heterocycles. The van der Waals surface area contributed by atoms with Crippen LogP contribution in [0.1, 0.15) is 26.7 Å². The van der Waals surface area contributed by atoms with Crippen LogP contribution >= 0.6 is 0 Å². The molecule has 4 nitrogen and oxygen atoms in total. The first-order valence-corrected chi connectivity index (χ1v) is 6.70. The second kappa shape index (κ2) is 6.17. The fraction of sp³-hybridized carbons (Fsp3) is 0.769. The Labute approximate surface area is 104 Å². The minimum atomic E-state index is 0.589. The first kappa shape index (κ1) is 12.6. The van der Waals surface area contributed by atoms with Crippen LogP contribution in [0, 0.1) is 0 Å². The van der Waals surface area contributed by atoms with E-state index in [2.05, 4.69) is 29.2 Å². The first-order chi connectivity index (χ1) is 8.24. The van der Waals surface area contributed by atoms with Crippen molar-refractivity contribution in [3.05, 3.63) is 18.5 Å². The van der Waals surface area contributed by atoms with Crippen LogP contribution in [0.4, 0.5) is 0 Å². The van der Waals surface area contributed by atoms with E-state index >= 15 is 0 Å². The quantitative estimate of drug-likeness (QED) is 0.837. The molecular weight excluding hydrogens is 212 g/mol. The lowest BCUT2D eigenvalue weighted by Gasteiger charge is -2.34. The zero-order chi connectivity index (χ0) is 12.1. The highest BCUT2D eigenvalue weighted by Crippen LogP contribution is 2.10. The first-order valence-electron chi connectivity index (χ1n) is 6.70. The number of likely N-dealkylation sites (tertiary alicyclic amines) is 1. The van der Waals surface area contributed by atoms with Crippen LogP contribution in [0.5, 0.6) is 0 Å². The van der Waals surface area contributed by atoms with E-state index in [1.54, 1.807) is 0 Å². The highest BCUT2D eigenvalue weighted by Gasteiger charge is 2.19. The van der Waals surface area contributed by atoms with Crippen molar-refractivity contribution in [2.75, 3.05) is 19.6 Å². The summed E-state index contributed by atoms with van der Waals surface area (Å²) in [5.41, 5.74) is 0. The van der Waals surface area contributed by atoms with Crippen LogP contribution < -0.4 is 5.32 Å². The van der Waals surface area contributed by atoms with Gasteiger partial charge in [0.25, 0.3) is 0 Å². The molecular formula is C13H24N4. The van der Waals surface area contributed by atoms with E-state index in [4.69, 9.17) is 0 Å². The van der Waals surface area contributed by atoms with E-state index in [-0.39, 0.29) is 0 Å². The maximum Gasteiger partial charge on any atom is 0.0536 e. The minimum Gasteiger partial charge on any atom is -0.311 e. The Morgan fingerprint density at radius 2 is 2.29 bits per heavy atom. The van der Waals surface area contributed by atoms with Crippen molar-refractivity contribution >= 4 is 0 Å². The Bertz CT molecular complexity index is 307. The van der Waals surface area contributed by atoms with Crippen LogP contribution in [-0.2, 0) is 6.54 Å². The average Bonchev–Trinajstić information content (AvgIpc) is 2.79. The molecule has 1 aliphatic heterocycles. The lowest BCUT2D eigenvalue weighted by atomic mass is 10.1. The van der Waals surface area contributed by atoms with Gasteiger partial charge in [-0.1, -0.05) is 13.8 Å². The standard InChI is InChI=1S/C13H24N4/c1-12(2)15-13-5-3-7-16(11-13)9-10-17-8-4-6-14-17/h4,6,8,12-13,15H,3,5,7,9-11H2,1-2H3. The van der Waals surface area contributed by atoms with E-state index in [0.717, 1.165) is 13.1 Å². The molecule has 0 radical (unpaired) electrons. The van der Waals surface area contributed by atoms with E-state index in [9.17, 15) is 0 Å². The lowest BCUT2D eigenvalue weighted by molar-refractivity contribution is 0.178. The zero-order valence-electron chi connectivity index (χ0n) is 11.0. The third-order valence-electron chi connectivity index (χ3n) is 3.28. The second-order valence-electron chi connectivity index (χ2n) is 5.23. The molecule has 0 aliphatic carbocycles. The van der Waals surface area contributed by atoms with Gasteiger partial charge in [0.2, 0.25) is 0 Å². The van der Waals surface area contributed by atoms with Crippen molar-refractivity contribution in [1.82, 2.24) is 20.0 Å². The molecule has 96 valence electrons. The number of hydrogen-bond donors (Lipinski definition) is 1. The van der Waals surface area contributed by atoms with E-state index < -0.39 is 0 Å². The number of rotatable bonds is 5. The zero-order valence-corrected chi connectivity index (χ0v) is 11.0. The summed E-state index contributed by atoms with van der Waals surface area (Å²) in [4.78, 5) is 2.55. The van der Waals surface area contributed by atoms with Gasteiger partial charge in [0.05, 0.1) is 6.54 Å². The van der Waals surface area contributed by atoms with E-state index in [1.165, 1.54) is 25.9 Å². The molecule has 1 aliphatic rings. The van der Waals surface area contributed by atoms with Crippen molar-refractivity contribution in [3.63, 3.8) is 0 Å². The number of hydrogen-bond acceptors (Lipinski definition) is 3. The largest absolute Gasteiger partial charge is 0.311 e. The van der Waals surface area contributed by atoms with Gasteiger partial charge in [-0.15, -0.1) is 0 Å². The van der Waals surface area contributed by atoms with Crippen LogP contribution in [0.2, 0.25) is 0 Å². The molecule has 1 N–H and O–H groups in total. The third kappa shape index (κ3) is 4.13. The monoisotopic (exact) mass is 236 g/mol. The predicted molar refractivity (Wildman–Crippen MR) is 70.0 cm³/mol. The molecule has 4 heteroatoms. The second-order valence-corrected chi connectivity index (χ2v) is 5.23. The van der Waals surface area contributed by atoms with Crippen molar-refractivity contribution in [1.29, 1.82) is 0 Å². The summed E-state index contributed by atoms with van der Waals surface area (Å²) in [6.45, 7) is 8.97. The van der Waals surface area contributed by atoms with Gasteiger partial charge in [-0.25, -0.2) is 0 Å². The average molecular weight is 236 g/mol. The highest BCUT2D eigenvalue weighted by atomic mass is 15.3. The Morgan fingerprint density at radius 3 is 3.00 bits per heavy atom.